The molecular weight excluding hydrogens is 284 g/mol. The minimum atomic E-state index is -0.370. The van der Waals surface area contributed by atoms with Crippen LogP contribution >= 0.6 is 15.9 Å². The lowest BCUT2D eigenvalue weighted by atomic mass is 9.99. The number of carbonyl (C=O) groups is 1. The van der Waals surface area contributed by atoms with Gasteiger partial charge in [0, 0.05) is 5.56 Å². The van der Waals surface area contributed by atoms with Gasteiger partial charge in [0.25, 0.3) is 0 Å². The second-order valence-electron chi connectivity index (χ2n) is 3.92. The molecular formula is C13H17BrO3. The Balaban J connectivity index is 3.47. The molecule has 0 aromatic heterocycles. The van der Waals surface area contributed by atoms with Crippen LogP contribution in [0.4, 0.5) is 0 Å². The molecule has 0 radical (unpaired) electrons. The fraction of sp³-hybridized carbons (Fsp3) is 0.462. The van der Waals surface area contributed by atoms with Crippen molar-refractivity contribution in [3.63, 3.8) is 0 Å². The van der Waals surface area contributed by atoms with Gasteiger partial charge in [0.2, 0.25) is 0 Å². The molecule has 1 aromatic carbocycles. The van der Waals surface area contributed by atoms with E-state index < -0.39 is 0 Å². The van der Waals surface area contributed by atoms with E-state index in [1.807, 2.05) is 19.9 Å². The second-order valence-corrected chi connectivity index (χ2v) is 4.84. The molecule has 0 saturated carbocycles. The summed E-state index contributed by atoms with van der Waals surface area (Å²) in [6.45, 7) is 5.47. The number of Topliss-reactive ketones (excluding diaryl/α,β-unsaturated/α-hetero) is 1. The van der Waals surface area contributed by atoms with Gasteiger partial charge in [-0.05, 0) is 38.0 Å². The third-order valence-electron chi connectivity index (χ3n) is 2.88. The highest BCUT2D eigenvalue weighted by atomic mass is 79.9. The Bertz CT molecular complexity index is 441. The van der Waals surface area contributed by atoms with Crippen LogP contribution in [0.15, 0.2) is 6.07 Å². The Morgan fingerprint density at radius 1 is 1.24 bits per heavy atom. The monoisotopic (exact) mass is 300 g/mol. The van der Waals surface area contributed by atoms with Gasteiger partial charge in [-0.1, -0.05) is 15.9 Å². The molecule has 0 amide bonds. The Kier molecular flexibility index (Phi) is 4.57. The molecule has 0 saturated heterocycles. The van der Waals surface area contributed by atoms with Crippen molar-refractivity contribution in [3.05, 3.63) is 22.8 Å². The van der Waals surface area contributed by atoms with E-state index in [-0.39, 0.29) is 10.6 Å². The molecule has 0 N–H and O–H groups in total. The average Bonchev–Trinajstić information content (AvgIpc) is 2.31. The molecule has 0 fully saturated rings. The predicted molar refractivity (Wildman–Crippen MR) is 71.4 cm³/mol. The topological polar surface area (TPSA) is 35.5 Å². The molecule has 0 aliphatic rings. The lowest BCUT2D eigenvalue weighted by Gasteiger charge is -2.18. The van der Waals surface area contributed by atoms with E-state index in [1.54, 1.807) is 21.1 Å². The van der Waals surface area contributed by atoms with Gasteiger partial charge in [0.15, 0.2) is 0 Å². The molecule has 1 aromatic rings. The lowest BCUT2D eigenvalue weighted by molar-refractivity contribution is -0.116. The smallest absolute Gasteiger partial charge is 0.147 e. The number of alkyl halides is 1. The molecule has 4 heteroatoms. The average molecular weight is 301 g/mol. The van der Waals surface area contributed by atoms with Gasteiger partial charge in [-0.25, -0.2) is 0 Å². The Hall–Kier alpha value is -1.03. The molecule has 0 aliphatic heterocycles. The summed E-state index contributed by atoms with van der Waals surface area (Å²) in [7, 11) is 3.23. The molecule has 0 bridgehead atoms. The zero-order valence-corrected chi connectivity index (χ0v) is 12.3. The third kappa shape index (κ3) is 2.63. The highest BCUT2D eigenvalue weighted by Gasteiger charge is 2.22. The predicted octanol–water partition coefficient (Wildman–Crippen LogP) is 3.35. The number of rotatable bonds is 4. The van der Waals surface area contributed by atoms with Crippen molar-refractivity contribution in [1.82, 2.24) is 0 Å². The maximum Gasteiger partial charge on any atom is 0.147 e. The molecule has 94 valence electrons. The number of methoxy groups -OCH3 is 2. The van der Waals surface area contributed by atoms with Crippen LogP contribution in [0.3, 0.4) is 0 Å². The van der Waals surface area contributed by atoms with Gasteiger partial charge in [0.05, 0.1) is 14.2 Å². The molecule has 0 aliphatic carbocycles. The van der Waals surface area contributed by atoms with Gasteiger partial charge in [-0.15, -0.1) is 0 Å². The van der Waals surface area contributed by atoms with E-state index >= 15 is 0 Å². The van der Waals surface area contributed by atoms with E-state index in [0.717, 1.165) is 28.2 Å². The SMILES string of the molecule is COc1cc(C(Br)C(C)=O)c(OC)c(C)c1C. The summed E-state index contributed by atoms with van der Waals surface area (Å²) in [6, 6.07) is 1.85. The van der Waals surface area contributed by atoms with E-state index in [4.69, 9.17) is 9.47 Å². The first-order valence-corrected chi connectivity index (χ1v) is 6.22. The van der Waals surface area contributed by atoms with E-state index in [0.29, 0.717) is 0 Å². The highest BCUT2D eigenvalue weighted by molar-refractivity contribution is 9.09. The minimum Gasteiger partial charge on any atom is -0.496 e. The fourth-order valence-corrected chi connectivity index (χ4v) is 2.12. The first-order chi connectivity index (χ1) is 7.93. The maximum absolute atomic E-state index is 11.5. The van der Waals surface area contributed by atoms with Crippen molar-refractivity contribution in [1.29, 1.82) is 0 Å². The van der Waals surface area contributed by atoms with Gasteiger partial charge < -0.3 is 9.47 Å². The number of carbonyl (C=O) groups excluding carboxylic acids is 1. The molecule has 1 rings (SSSR count). The van der Waals surface area contributed by atoms with E-state index in [1.165, 1.54) is 0 Å². The summed E-state index contributed by atoms with van der Waals surface area (Å²) >= 11 is 3.38. The van der Waals surface area contributed by atoms with Gasteiger partial charge in [-0.3, -0.25) is 4.79 Å². The van der Waals surface area contributed by atoms with Crippen LogP contribution in [-0.4, -0.2) is 20.0 Å². The van der Waals surface area contributed by atoms with Crippen LogP contribution in [0.2, 0.25) is 0 Å². The highest BCUT2D eigenvalue weighted by Crippen LogP contribution is 2.39. The van der Waals surface area contributed by atoms with Crippen LogP contribution in [0.25, 0.3) is 0 Å². The molecule has 3 nitrogen and oxygen atoms in total. The zero-order valence-electron chi connectivity index (χ0n) is 10.8. The number of hydrogen-bond donors (Lipinski definition) is 0. The largest absolute Gasteiger partial charge is 0.496 e. The summed E-state index contributed by atoms with van der Waals surface area (Å²) in [5, 5.41) is 0. The maximum atomic E-state index is 11.5. The molecule has 1 atom stereocenters. The van der Waals surface area contributed by atoms with Crippen molar-refractivity contribution in [2.45, 2.75) is 25.6 Å². The van der Waals surface area contributed by atoms with Crippen molar-refractivity contribution >= 4 is 21.7 Å². The lowest BCUT2D eigenvalue weighted by Crippen LogP contribution is -2.06. The first-order valence-electron chi connectivity index (χ1n) is 5.30. The first kappa shape index (κ1) is 14.0. The third-order valence-corrected chi connectivity index (χ3v) is 4.01. The van der Waals surface area contributed by atoms with E-state index in [2.05, 4.69) is 15.9 Å². The second kappa shape index (κ2) is 5.54. The molecule has 0 spiro atoms. The Morgan fingerprint density at radius 2 is 1.82 bits per heavy atom. The van der Waals surface area contributed by atoms with Crippen LogP contribution in [-0.2, 0) is 4.79 Å². The van der Waals surface area contributed by atoms with Crippen LogP contribution < -0.4 is 9.47 Å². The van der Waals surface area contributed by atoms with Crippen molar-refractivity contribution in [3.8, 4) is 11.5 Å². The number of ether oxygens (including phenoxy) is 2. The Morgan fingerprint density at radius 3 is 2.24 bits per heavy atom. The van der Waals surface area contributed by atoms with Crippen molar-refractivity contribution in [2.24, 2.45) is 0 Å². The van der Waals surface area contributed by atoms with Gasteiger partial charge >= 0.3 is 0 Å². The van der Waals surface area contributed by atoms with Gasteiger partial charge in [-0.2, -0.15) is 0 Å². The normalized spacial score (nSPS) is 12.1. The summed E-state index contributed by atoms with van der Waals surface area (Å²) in [5.74, 6) is 1.54. The number of halogens is 1. The van der Waals surface area contributed by atoms with Crippen molar-refractivity contribution in [2.75, 3.05) is 14.2 Å². The standard InChI is InChI=1S/C13H17BrO3/c1-7-8(2)13(17-5)10(6-11(7)16-4)12(14)9(3)15/h6,12H,1-5H3. The van der Waals surface area contributed by atoms with Crippen molar-refractivity contribution < 1.29 is 14.3 Å². The molecule has 1 unspecified atom stereocenters. The number of ketones is 1. The molecule has 17 heavy (non-hydrogen) atoms. The number of benzene rings is 1. The quantitative estimate of drug-likeness (QED) is 0.800. The summed E-state index contributed by atoms with van der Waals surface area (Å²) in [6.07, 6.45) is 0. The van der Waals surface area contributed by atoms with Crippen LogP contribution in [0.5, 0.6) is 11.5 Å². The summed E-state index contributed by atoms with van der Waals surface area (Å²) in [4.78, 5) is 11.1. The fourth-order valence-electron chi connectivity index (χ4n) is 1.78. The van der Waals surface area contributed by atoms with Crippen LogP contribution in [0, 0.1) is 13.8 Å². The van der Waals surface area contributed by atoms with E-state index in [9.17, 15) is 4.79 Å². The molecule has 0 heterocycles. The van der Waals surface area contributed by atoms with Gasteiger partial charge in [0.1, 0.15) is 22.1 Å². The zero-order chi connectivity index (χ0) is 13.2. The summed E-state index contributed by atoms with van der Waals surface area (Å²) < 4.78 is 10.7. The minimum absolute atomic E-state index is 0.0357. The van der Waals surface area contributed by atoms with Crippen LogP contribution in [0.1, 0.15) is 28.4 Å². The number of hydrogen-bond acceptors (Lipinski definition) is 3. The Labute approximate surface area is 110 Å². The summed E-state index contributed by atoms with van der Waals surface area (Å²) in [5.41, 5.74) is 2.82.